The molecular formula is C16H27N3O. The third-order valence-electron chi connectivity index (χ3n) is 4.03. The Hall–Kier alpha value is -1.13. The summed E-state index contributed by atoms with van der Waals surface area (Å²) in [6.45, 7) is 6.70. The van der Waals surface area contributed by atoms with Crippen LogP contribution in [0.3, 0.4) is 0 Å². The summed E-state index contributed by atoms with van der Waals surface area (Å²) in [5, 5.41) is 3.43. The molecule has 0 radical (unpaired) electrons. The summed E-state index contributed by atoms with van der Waals surface area (Å²) in [6, 6.07) is 4.65. The van der Waals surface area contributed by atoms with Crippen LogP contribution in [0.2, 0.25) is 0 Å². The lowest BCUT2D eigenvalue weighted by Gasteiger charge is -2.35. The second-order valence-corrected chi connectivity index (χ2v) is 5.43. The van der Waals surface area contributed by atoms with E-state index in [2.05, 4.69) is 28.2 Å². The molecule has 1 aliphatic heterocycles. The van der Waals surface area contributed by atoms with Crippen LogP contribution < -0.4 is 10.1 Å². The van der Waals surface area contributed by atoms with E-state index in [9.17, 15) is 0 Å². The number of aromatic nitrogens is 1. The Morgan fingerprint density at radius 3 is 2.70 bits per heavy atom. The minimum Gasteiger partial charge on any atom is -0.481 e. The Kier molecular flexibility index (Phi) is 6.27. The SMILES string of the molecule is CCCCC[C@@H](c1ccc(OC)nc1)N1CCNCC1. The van der Waals surface area contributed by atoms with E-state index in [0.717, 1.165) is 26.2 Å². The van der Waals surface area contributed by atoms with Crippen molar-refractivity contribution in [3.05, 3.63) is 23.9 Å². The molecule has 20 heavy (non-hydrogen) atoms. The molecule has 1 aliphatic rings. The second kappa shape index (κ2) is 8.22. The van der Waals surface area contributed by atoms with Gasteiger partial charge in [0.15, 0.2) is 0 Å². The van der Waals surface area contributed by atoms with Gasteiger partial charge >= 0.3 is 0 Å². The van der Waals surface area contributed by atoms with E-state index in [0.29, 0.717) is 11.9 Å². The lowest BCUT2D eigenvalue weighted by Crippen LogP contribution is -2.45. The summed E-state index contributed by atoms with van der Waals surface area (Å²) in [7, 11) is 1.66. The van der Waals surface area contributed by atoms with Crippen LogP contribution in [-0.2, 0) is 0 Å². The van der Waals surface area contributed by atoms with Gasteiger partial charge in [0, 0.05) is 44.5 Å². The Balaban J connectivity index is 2.06. The number of nitrogens with zero attached hydrogens (tertiary/aromatic N) is 2. The molecule has 4 heteroatoms. The summed E-state index contributed by atoms with van der Waals surface area (Å²) in [6.07, 6.45) is 7.08. The number of piperazine rings is 1. The Labute approximate surface area is 122 Å². The van der Waals surface area contributed by atoms with E-state index >= 15 is 0 Å². The normalized spacial score (nSPS) is 17.9. The molecule has 1 atom stereocenters. The highest BCUT2D eigenvalue weighted by Gasteiger charge is 2.22. The van der Waals surface area contributed by atoms with Gasteiger partial charge in [-0.15, -0.1) is 0 Å². The van der Waals surface area contributed by atoms with E-state index < -0.39 is 0 Å². The fourth-order valence-electron chi connectivity index (χ4n) is 2.85. The standard InChI is InChI=1S/C16H27N3O/c1-3-4-5-6-15(19-11-9-17-10-12-19)14-7-8-16(20-2)18-13-14/h7-8,13,15,17H,3-6,9-12H2,1-2H3/t15-/m0/s1. The highest BCUT2D eigenvalue weighted by molar-refractivity contribution is 5.21. The van der Waals surface area contributed by atoms with Gasteiger partial charge in [0.1, 0.15) is 0 Å². The number of ether oxygens (including phenoxy) is 1. The molecular weight excluding hydrogens is 250 g/mol. The third kappa shape index (κ3) is 4.18. The lowest BCUT2D eigenvalue weighted by molar-refractivity contribution is 0.162. The van der Waals surface area contributed by atoms with Gasteiger partial charge in [-0.3, -0.25) is 4.90 Å². The average Bonchev–Trinajstić information content (AvgIpc) is 2.53. The quantitative estimate of drug-likeness (QED) is 0.777. The molecule has 2 heterocycles. The first-order valence-corrected chi connectivity index (χ1v) is 7.80. The molecule has 0 aliphatic carbocycles. The molecule has 0 aromatic carbocycles. The first-order chi connectivity index (χ1) is 9.85. The topological polar surface area (TPSA) is 37.4 Å². The number of hydrogen-bond acceptors (Lipinski definition) is 4. The van der Waals surface area contributed by atoms with Crippen molar-refractivity contribution in [1.29, 1.82) is 0 Å². The Bertz CT molecular complexity index is 374. The summed E-state index contributed by atoms with van der Waals surface area (Å²) >= 11 is 0. The molecule has 0 unspecified atom stereocenters. The summed E-state index contributed by atoms with van der Waals surface area (Å²) in [5.41, 5.74) is 1.32. The Morgan fingerprint density at radius 1 is 1.30 bits per heavy atom. The Morgan fingerprint density at radius 2 is 2.10 bits per heavy atom. The van der Waals surface area contributed by atoms with Crippen LogP contribution in [0.5, 0.6) is 5.88 Å². The van der Waals surface area contributed by atoms with Crippen LogP contribution >= 0.6 is 0 Å². The first kappa shape index (κ1) is 15.3. The predicted molar refractivity (Wildman–Crippen MR) is 82.1 cm³/mol. The van der Waals surface area contributed by atoms with Gasteiger partial charge in [0.2, 0.25) is 5.88 Å². The third-order valence-corrected chi connectivity index (χ3v) is 4.03. The number of nitrogens with one attached hydrogen (secondary N) is 1. The van der Waals surface area contributed by atoms with Crippen LogP contribution in [0.25, 0.3) is 0 Å². The zero-order chi connectivity index (χ0) is 14.2. The number of hydrogen-bond donors (Lipinski definition) is 1. The van der Waals surface area contributed by atoms with Crippen LogP contribution in [0.1, 0.15) is 44.2 Å². The maximum absolute atomic E-state index is 5.16. The summed E-state index contributed by atoms with van der Waals surface area (Å²) < 4.78 is 5.16. The van der Waals surface area contributed by atoms with E-state index in [1.165, 1.54) is 31.2 Å². The zero-order valence-electron chi connectivity index (χ0n) is 12.8. The highest BCUT2D eigenvalue weighted by Crippen LogP contribution is 2.27. The van der Waals surface area contributed by atoms with Gasteiger partial charge in [0.05, 0.1) is 7.11 Å². The lowest BCUT2D eigenvalue weighted by atomic mass is 9.99. The van der Waals surface area contributed by atoms with Gasteiger partial charge in [-0.25, -0.2) is 4.98 Å². The number of rotatable bonds is 7. The van der Waals surface area contributed by atoms with Crippen molar-refractivity contribution < 1.29 is 4.74 Å². The molecule has 1 aromatic rings. The minimum absolute atomic E-state index is 0.502. The summed E-state index contributed by atoms with van der Waals surface area (Å²) in [5.74, 6) is 0.696. The zero-order valence-corrected chi connectivity index (χ0v) is 12.8. The molecule has 4 nitrogen and oxygen atoms in total. The van der Waals surface area contributed by atoms with Crippen molar-refractivity contribution in [1.82, 2.24) is 15.2 Å². The van der Waals surface area contributed by atoms with Crippen LogP contribution in [0.15, 0.2) is 18.3 Å². The molecule has 0 spiro atoms. The fourth-order valence-corrected chi connectivity index (χ4v) is 2.85. The monoisotopic (exact) mass is 277 g/mol. The van der Waals surface area contributed by atoms with E-state index in [1.807, 2.05) is 12.3 Å². The molecule has 1 saturated heterocycles. The molecule has 112 valence electrons. The van der Waals surface area contributed by atoms with Crippen LogP contribution in [0, 0.1) is 0 Å². The first-order valence-electron chi connectivity index (χ1n) is 7.80. The van der Waals surface area contributed by atoms with Crippen molar-refractivity contribution in [2.45, 2.75) is 38.6 Å². The van der Waals surface area contributed by atoms with Crippen LogP contribution in [0.4, 0.5) is 0 Å². The average molecular weight is 277 g/mol. The van der Waals surface area contributed by atoms with Gasteiger partial charge in [-0.05, 0) is 12.0 Å². The van der Waals surface area contributed by atoms with Crippen molar-refractivity contribution in [3.63, 3.8) is 0 Å². The van der Waals surface area contributed by atoms with Crippen molar-refractivity contribution >= 4 is 0 Å². The molecule has 2 rings (SSSR count). The van der Waals surface area contributed by atoms with E-state index in [1.54, 1.807) is 7.11 Å². The van der Waals surface area contributed by atoms with Crippen molar-refractivity contribution in [2.24, 2.45) is 0 Å². The maximum atomic E-state index is 5.16. The second-order valence-electron chi connectivity index (χ2n) is 5.43. The van der Waals surface area contributed by atoms with E-state index in [-0.39, 0.29) is 0 Å². The van der Waals surface area contributed by atoms with Gasteiger partial charge in [0.25, 0.3) is 0 Å². The number of pyridine rings is 1. The molecule has 1 fully saturated rings. The maximum Gasteiger partial charge on any atom is 0.212 e. The van der Waals surface area contributed by atoms with Crippen molar-refractivity contribution in [3.8, 4) is 5.88 Å². The molecule has 0 amide bonds. The predicted octanol–water partition coefficient (Wildman–Crippen LogP) is 2.62. The summed E-state index contributed by atoms with van der Waals surface area (Å²) in [4.78, 5) is 6.97. The highest BCUT2D eigenvalue weighted by atomic mass is 16.5. The van der Waals surface area contributed by atoms with Gasteiger partial charge in [-0.2, -0.15) is 0 Å². The smallest absolute Gasteiger partial charge is 0.212 e. The van der Waals surface area contributed by atoms with Crippen molar-refractivity contribution in [2.75, 3.05) is 33.3 Å². The fraction of sp³-hybridized carbons (Fsp3) is 0.688. The minimum atomic E-state index is 0.502. The molecule has 1 aromatic heterocycles. The molecule has 1 N–H and O–H groups in total. The molecule has 0 saturated carbocycles. The number of unbranched alkanes of at least 4 members (excludes halogenated alkanes) is 2. The van der Waals surface area contributed by atoms with Gasteiger partial charge < -0.3 is 10.1 Å². The van der Waals surface area contributed by atoms with E-state index in [4.69, 9.17) is 4.74 Å². The van der Waals surface area contributed by atoms with Crippen LogP contribution in [-0.4, -0.2) is 43.2 Å². The largest absolute Gasteiger partial charge is 0.481 e. The molecule has 0 bridgehead atoms. The number of methoxy groups -OCH3 is 1. The van der Waals surface area contributed by atoms with Gasteiger partial charge in [-0.1, -0.05) is 32.3 Å².